The Labute approximate surface area is 185 Å². The second-order valence-electron chi connectivity index (χ2n) is 7.63. The molecule has 0 bridgehead atoms. The van der Waals surface area contributed by atoms with Gasteiger partial charge in [0, 0.05) is 34.0 Å². The Morgan fingerprint density at radius 1 is 0.938 bits per heavy atom. The van der Waals surface area contributed by atoms with Gasteiger partial charge in [0.05, 0.1) is 14.2 Å². The number of nitrogens with zero attached hydrogens (tertiary/aromatic N) is 1. The molecule has 0 saturated carbocycles. The summed E-state index contributed by atoms with van der Waals surface area (Å²) in [7, 11) is 3.10. The third-order valence-corrected chi connectivity index (χ3v) is 5.72. The van der Waals surface area contributed by atoms with Crippen molar-refractivity contribution in [2.45, 2.75) is 12.8 Å². The molecule has 1 aliphatic carbocycles. The Morgan fingerprint density at radius 2 is 1.66 bits per heavy atom. The summed E-state index contributed by atoms with van der Waals surface area (Å²) in [6.07, 6.45) is 1.86. The van der Waals surface area contributed by atoms with Crippen LogP contribution < -0.4 is 14.8 Å². The van der Waals surface area contributed by atoms with Crippen LogP contribution in [0.15, 0.2) is 71.3 Å². The van der Waals surface area contributed by atoms with Gasteiger partial charge >= 0.3 is 0 Å². The van der Waals surface area contributed by atoms with E-state index in [1.165, 1.54) is 5.56 Å². The van der Waals surface area contributed by atoms with Crippen molar-refractivity contribution in [3.05, 3.63) is 83.4 Å². The van der Waals surface area contributed by atoms with Crippen LogP contribution in [-0.4, -0.2) is 25.3 Å². The second kappa shape index (κ2) is 8.23. The van der Waals surface area contributed by atoms with Gasteiger partial charge in [-0.25, -0.2) is 0 Å². The summed E-state index contributed by atoms with van der Waals surface area (Å²) in [6.45, 7) is 0. The van der Waals surface area contributed by atoms with Crippen molar-refractivity contribution in [3.63, 3.8) is 0 Å². The maximum Gasteiger partial charge on any atom is 0.255 e. The highest BCUT2D eigenvalue weighted by atomic mass is 16.5. The number of carbonyl (C=O) groups excluding carboxylic acids is 1. The Balaban J connectivity index is 1.37. The van der Waals surface area contributed by atoms with Crippen molar-refractivity contribution in [2.75, 3.05) is 19.5 Å². The van der Waals surface area contributed by atoms with Crippen LogP contribution in [0.3, 0.4) is 0 Å². The lowest BCUT2D eigenvalue weighted by Crippen LogP contribution is -2.12. The van der Waals surface area contributed by atoms with E-state index in [1.54, 1.807) is 32.4 Å². The zero-order valence-corrected chi connectivity index (χ0v) is 17.8. The summed E-state index contributed by atoms with van der Waals surface area (Å²) in [5.41, 5.74) is 6.55. The van der Waals surface area contributed by atoms with E-state index in [4.69, 9.17) is 14.0 Å². The maximum atomic E-state index is 12.7. The van der Waals surface area contributed by atoms with Gasteiger partial charge in [0.25, 0.3) is 5.91 Å². The number of methoxy groups -OCH3 is 2. The third-order valence-electron chi connectivity index (χ3n) is 5.72. The lowest BCUT2D eigenvalue weighted by molar-refractivity contribution is 0.102. The number of carbonyl (C=O) groups is 1. The van der Waals surface area contributed by atoms with E-state index in [9.17, 15) is 4.79 Å². The monoisotopic (exact) mass is 426 g/mol. The second-order valence-corrected chi connectivity index (χ2v) is 7.63. The van der Waals surface area contributed by atoms with Gasteiger partial charge in [0.1, 0.15) is 17.2 Å². The molecule has 0 spiro atoms. The molecular formula is C26H22N2O4. The van der Waals surface area contributed by atoms with E-state index in [0.29, 0.717) is 22.7 Å². The Morgan fingerprint density at radius 3 is 2.38 bits per heavy atom. The molecule has 6 heteroatoms. The van der Waals surface area contributed by atoms with Crippen LogP contribution >= 0.6 is 0 Å². The summed E-state index contributed by atoms with van der Waals surface area (Å²) in [4.78, 5) is 12.7. The lowest BCUT2D eigenvalue weighted by Gasteiger charge is -2.14. The Kier molecular flexibility index (Phi) is 5.11. The first kappa shape index (κ1) is 19.9. The first-order valence-electron chi connectivity index (χ1n) is 10.4. The third kappa shape index (κ3) is 3.60. The number of nitrogens with one attached hydrogen (secondary N) is 1. The van der Waals surface area contributed by atoms with Gasteiger partial charge < -0.3 is 19.3 Å². The summed E-state index contributed by atoms with van der Waals surface area (Å²) in [5, 5.41) is 7.26. The van der Waals surface area contributed by atoms with Crippen molar-refractivity contribution in [1.82, 2.24) is 5.16 Å². The van der Waals surface area contributed by atoms with Crippen LogP contribution in [-0.2, 0) is 12.8 Å². The summed E-state index contributed by atoms with van der Waals surface area (Å²) in [6, 6.07) is 21.0. The highest BCUT2D eigenvalue weighted by molar-refractivity contribution is 6.04. The highest BCUT2D eigenvalue weighted by Crippen LogP contribution is 2.38. The molecule has 1 N–H and O–H groups in total. The number of ether oxygens (including phenoxy) is 2. The fraction of sp³-hybridized carbons (Fsp3) is 0.154. The smallest absolute Gasteiger partial charge is 0.255 e. The molecule has 0 fully saturated rings. The van der Waals surface area contributed by atoms with Crippen LogP contribution in [0.4, 0.5) is 5.69 Å². The maximum absolute atomic E-state index is 12.7. The summed E-state index contributed by atoms with van der Waals surface area (Å²) >= 11 is 0. The van der Waals surface area contributed by atoms with E-state index in [2.05, 4.69) is 28.7 Å². The molecule has 0 aliphatic heterocycles. The number of aromatic nitrogens is 1. The average Bonchev–Trinajstić information content (AvgIpc) is 3.29. The highest BCUT2D eigenvalue weighted by Gasteiger charge is 2.24. The molecule has 5 rings (SSSR count). The molecule has 160 valence electrons. The molecule has 0 radical (unpaired) electrons. The van der Waals surface area contributed by atoms with Gasteiger partial charge in [-0.05, 0) is 54.8 Å². The van der Waals surface area contributed by atoms with Crippen molar-refractivity contribution >= 4 is 11.6 Å². The molecule has 1 amide bonds. The van der Waals surface area contributed by atoms with Gasteiger partial charge in [0.2, 0.25) is 0 Å². The molecule has 0 atom stereocenters. The first-order valence-corrected chi connectivity index (χ1v) is 10.4. The minimum Gasteiger partial charge on any atom is -0.497 e. The largest absolute Gasteiger partial charge is 0.497 e. The summed E-state index contributed by atoms with van der Waals surface area (Å²) in [5.74, 6) is 1.65. The SMILES string of the molecule is COc1cc(OC)cc(C(=O)Nc2ccc(-c3onc4c3CCc3ccccc3-4)cc2)c1. The molecule has 0 saturated heterocycles. The normalized spacial score (nSPS) is 11.9. The quantitative estimate of drug-likeness (QED) is 0.464. The zero-order chi connectivity index (χ0) is 22.1. The predicted molar refractivity (Wildman–Crippen MR) is 122 cm³/mol. The van der Waals surface area contributed by atoms with Crippen molar-refractivity contribution in [2.24, 2.45) is 0 Å². The van der Waals surface area contributed by atoms with E-state index in [-0.39, 0.29) is 5.91 Å². The van der Waals surface area contributed by atoms with Crippen LogP contribution in [0.5, 0.6) is 11.5 Å². The van der Waals surface area contributed by atoms with Gasteiger partial charge in [-0.1, -0.05) is 29.4 Å². The number of benzene rings is 3. The summed E-state index contributed by atoms with van der Waals surface area (Å²) < 4.78 is 16.2. The van der Waals surface area contributed by atoms with Crippen LogP contribution in [0, 0.1) is 0 Å². The molecule has 6 nitrogen and oxygen atoms in total. The predicted octanol–water partition coefficient (Wildman–Crippen LogP) is 5.38. The zero-order valence-electron chi connectivity index (χ0n) is 17.8. The first-order chi connectivity index (χ1) is 15.7. The molecule has 32 heavy (non-hydrogen) atoms. The number of aryl methyl sites for hydroxylation is 1. The van der Waals surface area contributed by atoms with E-state index in [0.717, 1.165) is 41.0 Å². The number of hydrogen-bond donors (Lipinski definition) is 1. The standard InChI is InChI=1S/C26H22N2O4/c1-30-20-13-18(14-21(15-20)31-2)26(29)27-19-10-7-17(8-11-19)25-23-12-9-16-5-3-4-6-22(16)24(23)28-32-25/h3-8,10-11,13-15H,9,12H2,1-2H3,(H,27,29). The molecule has 3 aromatic carbocycles. The minimum absolute atomic E-state index is 0.247. The van der Waals surface area contributed by atoms with Gasteiger partial charge in [-0.2, -0.15) is 0 Å². The molecular weight excluding hydrogens is 404 g/mol. The molecule has 0 unspecified atom stereocenters. The van der Waals surface area contributed by atoms with Crippen molar-refractivity contribution in [3.8, 4) is 34.1 Å². The Bertz CT molecular complexity index is 1270. The number of amides is 1. The van der Waals surface area contributed by atoms with Gasteiger partial charge in [0.15, 0.2) is 5.76 Å². The molecule has 1 heterocycles. The van der Waals surface area contributed by atoms with E-state index >= 15 is 0 Å². The van der Waals surface area contributed by atoms with E-state index in [1.807, 2.05) is 30.3 Å². The Hall–Kier alpha value is -4.06. The fourth-order valence-electron chi connectivity index (χ4n) is 4.06. The molecule has 1 aliphatic rings. The number of hydrogen-bond acceptors (Lipinski definition) is 5. The van der Waals surface area contributed by atoms with Crippen molar-refractivity contribution in [1.29, 1.82) is 0 Å². The molecule has 1 aromatic heterocycles. The van der Waals surface area contributed by atoms with Gasteiger partial charge in [-0.15, -0.1) is 0 Å². The van der Waals surface area contributed by atoms with Crippen molar-refractivity contribution < 1.29 is 18.8 Å². The van der Waals surface area contributed by atoms with Crippen LogP contribution in [0.2, 0.25) is 0 Å². The average molecular weight is 426 g/mol. The number of fused-ring (bicyclic) bond motifs is 3. The number of rotatable bonds is 5. The fourth-order valence-corrected chi connectivity index (χ4v) is 4.06. The number of anilines is 1. The van der Waals surface area contributed by atoms with Gasteiger partial charge in [-0.3, -0.25) is 4.79 Å². The lowest BCUT2D eigenvalue weighted by atomic mass is 9.88. The minimum atomic E-state index is -0.247. The molecule has 4 aromatic rings. The van der Waals surface area contributed by atoms with E-state index < -0.39 is 0 Å². The topological polar surface area (TPSA) is 73.6 Å². The van der Waals surface area contributed by atoms with Crippen LogP contribution in [0.1, 0.15) is 21.5 Å². The van der Waals surface area contributed by atoms with Crippen LogP contribution in [0.25, 0.3) is 22.6 Å².